The molecule has 0 radical (unpaired) electrons. The van der Waals surface area contributed by atoms with E-state index in [0.717, 1.165) is 18.8 Å². The average molecular weight is 326 g/mol. The van der Waals surface area contributed by atoms with Crippen LogP contribution in [0, 0.1) is 0 Å². The molecule has 0 saturated carbocycles. The zero-order valence-electron chi connectivity index (χ0n) is 14.7. The van der Waals surface area contributed by atoms with Gasteiger partial charge in [0.2, 0.25) is 5.91 Å². The van der Waals surface area contributed by atoms with Gasteiger partial charge in [0.15, 0.2) is 0 Å². The normalized spacial score (nSPS) is 17.0. The van der Waals surface area contributed by atoms with Crippen molar-refractivity contribution in [3.05, 3.63) is 53.9 Å². The van der Waals surface area contributed by atoms with Crippen LogP contribution in [0.1, 0.15) is 50.4 Å². The summed E-state index contributed by atoms with van der Waals surface area (Å²) in [5.41, 5.74) is 2.50. The second kappa shape index (κ2) is 7.12. The first-order valence-electron chi connectivity index (χ1n) is 8.73. The van der Waals surface area contributed by atoms with E-state index < -0.39 is 0 Å². The lowest BCUT2D eigenvalue weighted by molar-refractivity contribution is -0.134. The fraction of sp³-hybridized carbons (Fsp3) is 0.450. The molecule has 1 aliphatic rings. The van der Waals surface area contributed by atoms with Crippen molar-refractivity contribution in [1.82, 2.24) is 9.47 Å². The van der Waals surface area contributed by atoms with Crippen LogP contribution in [0.4, 0.5) is 0 Å². The smallest absolute Gasteiger partial charge is 0.226 e. The third-order valence-corrected chi connectivity index (χ3v) is 4.79. The van der Waals surface area contributed by atoms with E-state index in [-0.39, 0.29) is 11.9 Å². The molecule has 0 saturated heterocycles. The van der Waals surface area contributed by atoms with E-state index >= 15 is 0 Å². The van der Waals surface area contributed by atoms with Crippen LogP contribution < -0.4 is 4.74 Å². The Balaban J connectivity index is 1.51. The van der Waals surface area contributed by atoms with E-state index in [9.17, 15) is 4.79 Å². The largest absolute Gasteiger partial charge is 0.493 e. The number of aromatic nitrogens is 1. The predicted octanol–water partition coefficient (Wildman–Crippen LogP) is 3.98. The van der Waals surface area contributed by atoms with Gasteiger partial charge in [0, 0.05) is 25.0 Å². The lowest BCUT2D eigenvalue weighted by atomic mass is 10.0. The molecule has 2 aromatic rings. The van der Waals surface area contributed by atoms with Crippen LogP contribution in [0.25, 0.3) is 0 Å². The molecule has 1 amide bonds. The standard InChI is InChI=1S/C20H26N2O2/c1-15(2)17-6-8-18(9-7-17)24-14-10-20(23)22-13-12-21-11-4-5-19(21)16(22)3/h4-9,11,15-16H,10,12-14H2,1-3H3. The summed E-state index contributed by atoms with van der Waals surface area (Å²) >= 11 is 0. The predicted molar refractivity (Wildman–Crippen MR) is 95.2 cm³/mol. The van der Waals surface area contributed by atoms with Gasteiger partial charge in [0.25, 0.3) is 0 Å². The molecule has 0 aliphatic carbocycles. The van der Waals surface area contributed by atoms with Crippen molar-refractivity contribution in [3.63, 3.8) is 0 Å². The first-order chi connectivity index (χ1) is 11.6. The minimum Gasteiger partial charge on any atom is -0.493 e. The molecule has 4 nitrogen and oxygen atoms in total. The summed E-state index contributed by atoms with van der Waals surface area (Å²) in [6.07, 6.45) is 2.49. The number of hydrogen-bond donors (Lipinski definition) is 0. The van der Waals surface area contributed by atoms with Gasteiger partial charge in [-0.25, -0.2) is 0 Å². The van der Waals surface area contributed by atoms with E-state index in [4.69, 9.17) is 4.74 Å². The molecule has 1 aromatic heterocycles. The fourth-order valence-electron chi connectivity index (χ4n) is 3.27. The number of carbonyl (C=O) groups excluding carboxylic acids is 1. The second-order valence-corrected chi connectivity index (χ2v) is 6.71. The molecule has 0 bridgehead atoms. The fourth-order valence-corrected chi connectivity index (χ4v) is 3.27. The lowest BCUT2D eigenvalue weighted by Gasteiger charge is -2.35. The molecule has 0 spiro atoms. The highest BCUT2D eigenvalue weighted by Crippen LogP contribution is 2.26. The third-order valence-electron chi connectivity index (χ3n) is 4.79. The van der Waals surface area contributed by atoms with Crippen molar-refractivity contribution in [1.29, 1.82) is 0 Å². The number of nitrogens with zero attached hydrogens (tertiary/aromatic N) is 2. The van der Waals surface area contributed by atoms with Crippen molar-refractivity contribution in [3.8, 4) is 5.75 Å². The molecule has 24 heavy (non-hydrogen) atoms. The van der Waals surface area contributed by atoms with Crippen molar-refractivity contribution in [2.45, 2.75) is 45.7 Å². The number of hydrogen-bond acceptors (Lipinski definition) is 2. The van der Waals surface area contributed by atoms with Crippen LogP contribution in [0.2, 0.25) is 0 Å². The van der Waals surface area contributed by atoms with Crippen LogP contribution >= 0.6 is 0 Å². The van der Waals surface area contributed by atoms with Crippen LogP contribution in [0.5, 0.6) is 5.75 Å². The summed E-state index contributed by atoms with van der Waals surface area (Å²) in [6.45, 7) is 8.49. The van der Waals surface area contributed by atoms with E-state index in [0.29, 0.717) is 18.9 Å². The zero-order chi connectivity index (χ0) is 17.1. The van der Waals surface area contributed by atoms with Gasteiger partial charge in [-0.3, -0.25) is 4.79 Å². The maximum Gasteiger partial charge on any atom is 0.226 e. The van der Waals surface area contributed by atoms with Crippen molar-refractivity contribution >= 4 is 5.91 Å². The molecular weight excluding hydrogens is 300 g/mol. The van der Waals surface area contributed by atoms with Crippen LogP contribution in [-0.4, -0.2) is 28.5 Å². The molecule has 4 heteroatoms. The highest BCUT2D eigenvalue weighted by Gasteiger charge is 2.26. The van der Waals surface area contributed by atoms with Crippen molar-refractivity contribution < 1.29 is 9.53 Å². The maximum atomic E-state index is 12.5. The summed E-state index contributed by atoms with van der Waals surface area (Å²) in [5, 5.41) is 0. The molecule has 1 aromatic carbocycles. The monoisotopic (exact) mass is 326 g/mol. The summed E-state index contributed by atoms with van der Waals surface area (Å²) in [7, 11) is 0. The van der Waals surface area contributed by atoms with Gasteiger partial charge in [-0.2, -0.15) is 0 Å². The van der Waals surface area contributed by atoms with Gasteiger partial charge in [-0.05, 0) is 42.7 Å². The average Bonchev–Trinajstić information content (AvgIpc) is 3.05. The Morgan fingerprint density at radius 1 is 1.21 bits per heavy atom. The molecule has 1 unspecified atom stereocenters. The first-order valence-corrected chi connectivity index (χ1v) is 8.73. The second-order valence-electron chi connectivity index (χ2n) is 6.71. The molecule has 3 rings (SSSR count). The number of carbonyl (C=O) groups is 1. The molecular formula is C20H26N2O2. The van der Waals surface area contributed by atoms with Gasteiger partial charge in [-0.15, -0.1) is 0 Å². The van der Waals surface area contributed by atoms with Crippen molar-refractivity contribution in [2.24, 2.45) is 0 Å². The van der Waals surface area contributed by atoms with Gasteiger partial charge in [0.1, 0.15) is 5.75 Å². The first kappa shape index (κ1) is 16.6. The van der Waals surface area contributed by atoms with Crippen molar-refractivity contribution in [2.75, 3.05) is 13.2 Å². The maximum absolute atomic E-state index is 12.5. The summed E-state index contributed by atoms with van der Waals surface area (Å²) in [6, 6.07) is 12.4. The number of rotatable bonds is 5. The summed E-state index contributed by atoms with van der Waals surface area (Å²) in [5.74, 6) is 1.50. The Morgan fingerprint density at radius 2 is 1.96 bits per heavy atom. The van der Waals surface area contributed by atoms with Crippen LogP contribution in [0.15, 0.2) is 42.6 Å². The number of fused-ring (bicyclic) bond motifs is 1. The van der Waals surface area contributed by atoms with E-state index in [1.165, 1.54) is 11.3 Å². The molecule has 0 fully saturated rings. The third kappa shape index (κ3) is 3.48. The Kier molecular flexibility index (Phi) is 4.93. The topological polar surface area (TPSA) is 34.5 Å². The van der Waals surface area contributed by atoms with Crippen LogP contribution in [-0.2, 0) is 11.3 Å². The number of ether oxygens (including phenoxy) is 1. The quantitative estimate of drug-likeness (QED) is 0.833. The van der Waals surface area contributed by atoms with Gasteiger partial charge < -0.3 is 14.2 Å². The number of amides is 1. The molecule has 128 valence electrons. The highest BCUT2D eigenvalue weighted by atomic mass is 16.5. The molecule has 1 atom stereocenters. The zero-order valence-corrected chi connectivity index (χ0v) is 14.7. The molecule has 1 aliphatic heterocycles. The Morgan fingerprint density at radius 3 is 2.67 bits per heavy atom. The molecule has 0 N–H and O–H groups in total. The summed E-state index contributed by atoms with van der Waals surface area (Å²) < 4.78 is 7.96. The highest BCUT2D eigenvalue weighted by molar-refractivity contribution is 5.77. The SMILES string of the molecule is CC(C)c1ccc(OCCC(=O)N2CCn3cccc3C2C)cc1. The minimum absolute atomic E-state index is 0.131. The van der Waals surface area contributed by atoms with E-state index in [2.05, 4.69) is 49.7 Å². The molecule has 2 heterocycles. The van der Waals surface area contributed by atoms with Gasteiger partial charge in [0.05, 0.1) is 19.1 Å². The Hall–Kier alpha value is -2.23. The van der Waals surface area contributed by atoms with E-state index in [1.807, 2.05) is 23.1 Å². The lowest BCUT2D eigenvalue weighted by Crippen LogP contribution is -2.41. The van der Waals surface area contributed by atoms with E-state index in [1.54, 1.807) is 0 Å². The summed E-state index contributed by atoms with van der Waals surface area (Å²) in [4.78, 5) is 14.5. The van der Waals surface area contributed by atoms with Gasteiger partial charge >= 0.3 is 0 Å². The number of benzene rings is 1. The minimum atomic E-state index is 0.131. The Labute approximate surface area is 144 Å². The Bertz CT molecular complexity index is 688. The van der Waals surface area contributed by atoms with Gasteiger partial charge in [-0.1, -0.05) is 26.0 Å². The van der Waals surface area contributed by atoms with Crippen LogP contribution in [0.3, 0.4) is 0 Å².